The number of carbonyl (C=O) groups excluding carboxylic acids is 2. The molecule has 1 aromatic carbocycles. The smallest absolute Gasteiger partial charge is 0.338 e. The molecular formula is C14H16N2O5. The lowest BCUT2D eigenvalue weighted by molar-refractivity contribution is -0.384. The van der Waals surface area contributed by atoms with Crippen LogP contribution in [-0.2, 0) is 9.53 Å². The zero-order valence-corrected chi connectivity index (χ0v) is 11.4. The summed E-state index contributed by atoms with van der Waals surface area (Å²) >= 11 is 0. The number of nitrogens with one attached hydrogen (secondary N) is 1. The van der Waals surface area contributed by atoms with Crippen LogP contribution in [-0.4, -0.2) is 29.4 Å². The van der Waals surface area contributed by atoms with Crippen LogP contribution in [0.5, 0.6) is 0 Å². The highest BCUT2D eigenvalue weighted by Crippen LogP contribution is 2.17. The van der Waals surface area contributed by atoms with Gasteiger partial charge in [0.25, 0.3) is 11.6 Å². The summed E-state index contributed by atoms with van der Waals surface area (Å²) < 4.78 is 4.88. The second-order valence-corrected chi connectivity index (χ2v) is 4.93. The number of hydrogen-bond donors (Lipinski definition) is 1. The summed E-state index contributed by atoms with van der Waals surface area (Å²) in [7, 11) is 0. The van der Waals surface area contributed by atoms with E-state index in [0.717, 1.165) is 25.7 Å². The van der Waals surface area contributed by atoms with Gasteiger partial charge in [0.1, 0.15) is 0 Å². The minimum Gasteiger partial charge on any atom is -0.452 e. The van der Waals surface area contributed by atoms with Gasteiger partial charge in [0.15, 0.2) is 6.61 Å². The van der Waals surface area contributed by atoms with Crippen molar-refractivity contribution in [2.24, 2.45) is 0 Å². The van der Waals surface area contributed by atoms with E-state index < -0.39 is 10.9 Å². The molecule has 0 aliphatic heterocycles. The molecule has 1 saturated carbocycles. The molecule has 7 nitrogen and oxygen atoms in total. The molecule has 1 aliphatic carbocycles. The third kappa shape index (κ3) is 4.27. The van der Waals surface area contributed by atoms with Gasteiger partial charge < -0.3 is 10.1 Å². The fourth-order valence-corrected chi connectivity index (χ4v) is 2.27. The number of non-ortho nitro benzene ring substituents is 1. The number of esters is 1. The first-order valence-corrected chi connectivity index (χ1v) is 6.77. The molecule has 21 heavy (non-hydrogen) atoms. The molecule has 0 aromatic heterocycles. The van der Waals surface area contributed by atoms with Crippen molar-refractivity contribution in [3.63, 3.8) is 0 Å². The molecular weight excluding hydrogens is 276 g/mol. The van der Waals surface area contributed by atoms with Crippen molar-refractivity contribution in [1.29, 1.82) is 0 Å². The molecule has 0 unspecified atom stereocenters. The Kier molecular flexibility index (Phi) is 4.86. The maximum atomic E-state index is 11.7. The van der Waals surface area contributed by atoms with E-state index in [-0.39, 0.29) is 29.8 Å². The maximum Gasteiger partial charge on any atom is 0.338 e. The summed E-state index contributed by atoms with van der Waals surface area (Å²) in [5, 5.41) is 13.3. The lowest BCUT2D eigenvalue weighted by atomic mass is 10.2. The number of hydrogen-bond acceptors (Lipinski definition) is 5. The Hall–Kier alpha value is -2.44. The normalized spacial score (nSPS) is 14.7. The highest BCUT2D eigenvalue weighted by Gasteiger charge is 2.18. The quantitative estimate of drug-likeness (QED) is 0.507. The molecule has 7 heteroatoms. The highest BCUT2D eigenvalue weighted by molar-refractivity contribution is 5.91. The van der Waals surface area contributed by atoms with E-state index in [0.29, 0.717) is 0 Å². The van der Waals surface area contributed by atoms with Crippen molar-refractivity contribution in [3.8, 4) is 0 Å². The van der Waals surface area contributed by atoms with Crippen molar-refractivity contribution in [3.05, 3.63) is 39.9 Å². The van der Waals surface area contributed by atoms with Crippen LogP contribution < -0.4 is 5.32 Å². The van der Waals surface area contributed by atoms with E-state index >= 15 is 0 Å². The topological polar surface area (TPSA) is 98.5 Å². The summed E-state index contributed by atoms with van der Waals surface area (Å²) in [5.74, 6) is -0.997. The van der Waals surface area contributed by atoms with Crippen LogP contribution in [0.1, 0.15) is 36.0 Å². The number of benzene rings is 1. The third-order valence-corrected chi connectivity index (χ3v) is 3.37. The Labute approximate surface area is 121 Å². The van der Waals surface area contributed by atoms with Gasteiger partial charge in [-0.1, -0.05) is 12.8 Å². The Morgan fingerprint density at radius 3 is 2.43 bits per heavy atom. The van der Waals surface area contributed by atoms with E-state index in [2.05, 4.69) is 5.32 Å². The SMILES string of the molecule is O=C(COC(=O)c1ccc([N+](=O)[O-])cc1)NC1CCCC1. The van der Waals surface area contributed by atoms with Gasteiger partial charge in [-0.05, 0) is 25.0 Å². The van der Waals surface area contributed by atoms with Gasteiger partial charge in [0.2, 0.25) is 0 Å². The summed E-state index contributed by atoms with van der Waals surface area (Å²) in [6, 6.07) is 5.21. The third-order valence-electron chi connectivity index (χ3n) is 3.37. The van der Waals surface area contributed by atoms with E-state index in [1.165, 1.54) is 24.3 Å². The number of ether oxygens (including phenoxy) is 1. The number of nitro benzene ring substituents is 1. The standard InChI is InChI=1S/C14H16N2O5/c17-13(15-11-3-1-2-4-11)9-21-14(18)10-5-7-12(8-6-10)16(19)20/h5-8,11H,1-4,9H2,(H,15,17). The molecule has 112 valence electrons. The molecule has 0 atom stereocenters. The minimum atomic E-state index is -0.675. The summed E-state index contributed by atoms with van der Waals surface area (Å²) in [4.78, 5) is 33.2. The first-order valence-electron chi connectivity index (χ1n) is 6.77. The molecule has 1 aromatic rings. The van der Waals surface area contributed by atoms with Crippen molar-refractivity contribution in [2.75, 3.05) is 6.61 Å². The van der Waals surface area contributed by atoms with E-state index in [1.807, 2.05) is 0 Å². The minimum absolute atomic E-state index is 0.106. The van der Waals surface area contributed by atoms with Crippen LogP contribution in [0.4, 0.5) is 5.69 Å². The Balaban J connectivity index is 1.80. The molecule has 0 heterocycles. The average molecular weight is 292 g/mol. The van der Waals surface area contributed by atoms with Gasteiger partial charge in [0, 0.05) is 18.2 Å². The second-order valence-electron chi connectivity index (χ2n) is 4.93. The summed E-state index contributed by atoms with van der Waals surface area (Å²) in [6.45, 7) is -0.341. The first kappa shape index (κ1) is 15.0. The Morgan fingerprint density at radius 1 is 1.24 bits per heavy atom. The van der Waals surface area contributed by atoms with Gasteiger partial charge >= 0.3 is 5.97 Å². The average Bonchev–Trinajstić information content (AvgIpc) is 2.97. The Morgan fingerprint density at radius 2 is 1.86 bits per heavy atom. The number of rotatable bonds is 5. The molecule has 1 fully saturated rings. The molecule has 1 N–H and O–H groups in total. The van der Waals surface area contributed by atoms with Crippen LogP contribution in [0.25, 0.3) is 0 Å². The second kappa shape index (κ2) is 6.83. The number of amides is 1. The fourth-order valence-electron chi connectivity index (χ4n) is 2.27. The molecule has 1 aliphatic rings. The molecule has 0 radical (unpaired) electrons. The van der Waals surface area contributed by atoms with Crippen molar-refractivity contribution in [1.82, 2.24) is 5.32 Å². The predicted octanol–water partition coefficient (Wildman–Crippen LogP) is 1.81. The van der Waals surface area contributed by atoms with Gasteiger partial charge in [-0.25, -0.2) is 4.79 Å². The predicted molar refractivity (Wildman–Crippen MR) is 73.8 cm³/mol. The lowest BCUT2D eigenvalue weighted by Crippen LogP contribution is -2.35. The maximum absolute atomic E-state index is 11.7. The Bertz CT molecular complexity index is 535. The molecule has 0 saturated heterocycles. The zero-order valence-electron chi connectivity index (χ0n) is 11.4. The van der Waals surface area contributed by atoms with E-state index in [1.54, 1.807) is 0 Å². The summed E-state index contributed by atoms with van der Waals surface area (Å²) in [5.41, 5.74) is 0.0693. The van der Waals surface area contributed by atoms with Gasteiger partial charge in [-0.2, -0.15) is 0 Å². The van der Waals surface area contributed by atoms with Crippen molar-refractivity contribution in [2.45, 2.75) is 31.7 Å². The molecule has 0 spiro atoms. The van der Waals surface area contributed by atoms with Crippen LogP contribution >= 0.6 is 0 Å². The number of nitro groups is 1. The zero-order chi connectivity index (χ0) is 15.2. The summed E-state index contributed by atoms with van der Waals surface area (Å²) in [6.07, 6.45) is 4.13. The monoisotopic (exact) mass is 292 g/mol. The number of nitrogens with zero attached hydrogens (tertiary/aromatic N) is 1. The van der Waals surface area contributed by atoms with Crippen LogP contribution in [0.15, 0.2) is 24.3 Å². The van der Waals surface area contributed by atoms with Crippen molar-refractivity contribution >= 4 is 17.6 Å². The lowest BCUT2D eigenvalue weighted by Gasteiger charge is -2.11. The highest BCUT2D eigenvalue weighted by atomic mass is 16.6. The molecule has 2 rings (SSSR count). The van der Waals surface area contributed by atoms with Crippen LogP contribution in [0.3, 0.4) is 0 Å². The van der Waals surface area contributed by atoms with Gasteiger partial charge in [-0.3, -0.25) is 14.9 Å². The largest absolute Gasteiger partial charge is 0.452 e. The first-order chi connectivity index (χ1) is 10.1. The number of carbonyl (C=O) groups is 2. The molecule has 0 bridgehead atoms. The fraction of sp³-hybridized carbons (Fsp3) is 0.429. The molecule has 1 amide bonds. The van der Waals surface area contributed by atoms with Crippen LogP contribution in [0, 0.1) is 10.1 Å². The van der Waals surface area contributed by atoms with Gasteiger partial charge in [0.05, 0.1) is 10.5 Å². The van der Waals surface area contributed by atoms with E-state index in [9.17, 15) is 19.7 Å². The van der Waals surface area contributed by atoms with Crippen LogP contribution in [0.2, 0.25) is 0 Å². The van der Waals surface area contributed by atoms with E-state index in [4.69, 9.17) is 4.74 Å². The van der Waals surface area contributed by atoms with Crippen molar-refractivity contribution < 1.29 is 19.2 Å². The van der Waals surface area contributed by atoms with Gasteiger partial charge in [-0.15, -0.1) is 0 Å².